The van der Waals surface area contributed by atoms with Crippen LogP contribution in [0.2, 0.25) is 0 Å². The summed E-state index contributed by atoms with van der Waals surface area (Å²) in [5, 5.41) is 0. The van der Waals surface area contributed by atoms with E-state index < -0.39 is 0 Å². The van der Waals surface area contributed by atoms with E-state index in [1.165, 1.54) is 12.1 Å². The van der Waals surface area contributed by atoms with Crippen LogP contribution in [0.1, 0.15) is 39.9 Å². The fraction of sp³-hybridized carbons (Fsp3) is 0.438. The molecule has 0 saturated heterocycles. The summed E-state index contributed by atoms with van der Waals surface area (Å²) >= 11 is 0. The van der Waals surface area contributed by atoms with Crippen molar-refractivity contribution in [2.75, 3.05) is 5.73 Å². The van der Waals surface area contributed by atoms with Gasteiger partial charge in [-0.2, -0.15) is 0 Å². The average molecular weight is 275 g/mol. The second-order valence-electron chi connectivity index (χ2n) is 6.03. The maximum Gasteiger partial charge on any atom is 0.132 e. The molecule has 0 saturated carbocycles. The molecule has 20 heavy (non-hydrogen) atoms. The van der Waals surface area contributed by atoms with E-state index in [1.807, 2.05) is 0 Å². The number of rotatable bonds is 3. The van der Waals surface area contributed by atoms with E-state index >= 15 is 0 Å². The molecule has 2 rings (SSSR count). The van der Waals surface area contributed by atoms with Crippen molar-refractivity contribution in [1.29, 1.82) is 0 Å². The van der Waals surface area contributed by atoms with E-state index in [9.17, 15) is 4.39 Å². The van der Waals surface area contributed by atoms with Gasteiger partial charge in [-0.3, -0.25) is 0 Å². The molecular formula is C16H22FN3. The van der Waals surface area contributed by atoms with Gasteiger partial charge in [0, 0.05) is 17.5 Å². The monoisotopic (exact) mass is 275 g/mol. The Balaban J connectivity index is 2.58. The fourth-order valence-corrected chi connectivity index (χ4v) is 2.44. The molecule has 1 heterocycles. The van der Waals surface area contributed by atoms with Gasteiger partial charge in [-0.25, -0.2) is 9.37 Å². The molecule has 4 heteroatoms. The molecule has 108 valence electrons. The van der Waals surface area contributed by atoms with Gasteiger partial charge in [-0.1, -0.05) is 6.92 Å². The van der Waals surface area contributed by atoms with Gasteiger partial charge in [-0.15, -0.1) is 0 Å². The number of aromatic nitrogens is 2. The summed E-state index contributed by atoms with van der Waals surface area (Å²) in [7, 11) is 0. The highest BCUT2D eigenvalue weighted by molar-refractivity contribution is 5.71. The van der Waals surface area contributed by atoms with Crippen LogP contribution in [0.4, 0.5) is 10.2 Å². The summed E-state index contributed by atoms with van der Waals surface area (Å²) in [5.74, 6) is 1.38. The molecule has 3 nitrogen and oxygen atoms in total. The van der Waals surface area contributed by atoms with Crippen molar-refractivity contribution in [2.24, 2.45) is 0 Å². The zero-order chi connectivity index (χ0) is 14.9. The Morgan fingerprint density at radius 3 is 2.30 bits per heavy atom. The highest BCUT2D eigenvalue weighted by atomic mass is 19.1. The molecule has 0 amide bonds. The molecule has 2 aromatic rings. The number of halogens is 1. The minimum absolute atomic E-state index is 0.125. The van der Waals surface area contributed by atoms with E-state index in [0.29, 0.717) is 5.82 Å². The first-order valence-corrected chi connectivity index (χ1v) is 6.98. The third kappa shape index (κ3) is 2.69. The summed E-state index contributed by atoms with van der Waals surface area (Å²) in [5.41, 5.74) is 7.76. The van der Waals surface area contributed by atoms with Crippen LogP contribution in [0.15, 0.2) is 24.3 Å². The number of nitrogens with two attached hydrogens (primary N) is 1. The fourth-order valence-electron chi connectivity index (χ4n) is 2.44. The largest absolute Gasteiger partial charge is 0.383 e. The van der Waals surface area contributed by atoms with Gasteiger partial charge < -0.3 is 10.3 Å². The van der Waals surface area contributed by atoms with Gasteiger partial charge in [0.05, 0.1) is 0 Å². The Morgan fingerprint density at radius 1 is 1.20 bits per heavy atom. The van der Waals surface area contributed by atoms with Crippen molar-refractivity contribution in [1.82, 2.24) is 9.55 Å². The van der Waals surface area contributed by atoms with E-state index in [0.717, 1.165) is 29.9 Å². The summed E-state index contributed by atoms with van der Waals surface area (Å²) in [4.78, 5) is 4.68. The summed E-state index contributed by atoms with van der Waals surface area (Å²) in [6, 6.07) is 6.31. The van der Waals surface area contributed by atoms with E-state index in [-0.39, 0.29) is 11.4 Å². The summed E-state index contributed by atoms with van der Waals surface area (Å²) < 4.78 is 15.1. The first kappa shape index (κ1) is 14.6. The number of hydrogen-bond acceptors (Lipinski definition) is 2. The van der Waals surface area contributed by atoms with Crippen molar-refractivity contribution in [3.8, 4) is 11.3 Å². The molecule has 0 bridgehead atoms. The Morgan fingerprint density at radius 2 is 1.80 bits per heavy atom. The van der Waals surface area contributed by atoms with Crippen molar-refractivity contribution in [3.05, 3.63) is 35.9 Å². The number of hydrogen-bond donors (Lipinski definition) is 1. The van der Waals surface area contributed by atoms with Gasteiger partial charge in [0.2, 0.25) is 0 Å². The predicted octanol–water partition coefficient (Wildman–Crippen LogP) is 3.98. The van der Waals surface area contributed by atoms with Crippen LogP contribution >= 0.6 is 0 Å². The average Bonchev–Trinajstić information content (AvgIpc) is 2.67. The van der Waals surface area contributed by atoms with Crippen LogP contribution in [0.5, 0.6) is 0 Å². The van der Waals surface area contributed by atoms with Crippen LogP contribution in [-0.4, -0.2) is 9.55 Å². The molecule has 0 aliphatic heterocycles. The molecule has 1 aromatic carbocycles. The Kier molecular flexibility index (Phi) is 3.84. The molecule has 0 unspecified atom stereocenters. The summed E-state index contributed by atoms with van der Waals surface area (Å²) in [6.07, 6.45) is 1.89. The third-order valence-corrected chi connectivity index (χ3v) is 3.24. The van der Waals surface area contributed by atoms with Crippen molar-refractivity contribution >= 4 is 5.82 Å². The standard InChI is InChI=1S/C16H22FN3/c1-5-6-13-19-14(11-7-9-12(17)10-8-11)15(18)20(13)16(2,3)4/h7-10H,5-6,18H2,1-4H3. The van der Waals surface area contributed by atoms with Crippen LogP contribution in [0.25, 0.3) is 11.3 Å². The van der Waals surface area contributed by atoms with Gasteiger partial charge in [-0.05, 0) is 51.5 Å². The second-order valence-corrected chi connectivity index (χ2v) is 6.03. The zero-order valence-electron chi connectivity index (χ0n) is 12.6. The lowest BCUT2D eigenvalue weighted by atomic mass is 10.1. The van der Waals surface area contributed by atoms with E-state index in [1.54, 1.807) is 12.1 Å². The summed E-state index contributed by atoms with van der Waals surface area (Å²) in [6.45, 7) is 8.45. The topological polar surface area (TPSA) is 43.8 Å². The highest BCUT2D eigenvalue weighted by Gasteiger charge is 2.24. The Hall–Kier alpha value is -1.84. The first-order valence-electron chi connectivity index (χ1n) is 6.98. The lowest BCUT2D eigenvalue weighted by Crippen LogP contribution is -2.25. The Bertz CT molecular complexity index is 591. The van der Waals surface area contributed by atoms with Crippen molar-refractivity contribution in [3.63, 3.8) is 0 Å². The number of aryl methyl sites for hydroxylation is 1. The minimum Gasteiger partial charge on any atom is -0.383 e. The smallest absolute Gasteiger partial charge is 0.132 e. The van der Waals surface area contributed by atoms with E-state index in [4.69, 9.17) is 5.73 Å². The van der Waals surface area contributed by atoms with Crippen molar-refractivity contribution in [2.45, 2.75) is 46.1 Å². The van der Waals surface area contributed by atoms with Crippen LogP contribution in [-0.2, 0) is 12.0 Å². The van der Waals surface area contributed by atoms with Gasteiger partial charge in [0.1, 0.15) is 23.2 Å². The van der Waals surface area contributed by atoms with Gasteiger partial charge in [0.25, 0.3) is 0 Å². The molecule has 0 fully saturated rings. The predicted molar refractivity (Wildman–Crippen MR) is 81.0 cm³/mol. The quantitative estimate of drug-likeness (QED) is 0.920. The van der Waals surface area contributed by atoms with Crippen molar-refractivity contribution < 1.29 is 4.39 Å². The maximum atomic E-state index is 13.0. The minimum atomic E-state index is -0.253. The molecule has 0 radical (unpaired) electrons. The third-order valence-electron chi connectivity index (χ3n) is 3.24. The SMILES string of the molecule is CCCc1nc(-c2ccc(F)cc2)c(N)n1C(C)(C)C. The van der Waals surface area contributed by atoms with Gasteiger partial charge >= 0.3 is 0 Å². The Labute approximate surface area is 119 Å². The second kappa shape index (κ2) is 5.27. The number of nitrogen functional groups attached to an aromatic ring is 1. The van der Waals surface area contributed by atoms with Crippen LogP contribution < -0.4 is 5.73 Å². The van der Waals surface area contributed by atoms with Crippen LogP contribution in [0, 0.1) is 5.82 Å². The molecule has 1 aromatic heterocycles. The lowest BCUT2D eigenvalue weighted by Gasteiger charge is -2.25. The lowest BCUT2D eigenvalue weighted by molar-refractivity contribution is 0.387. The number of imidazole rings is 1. The van der Waals surface area contributed by atoms with E-state index in [2.05, 4.69) is 37.2 Å². The molecule has 2 N–H and O–H groups in total. The molecule has 0 aliphatic carbocycles. The number of benzene rings is 1. The number of nitrogens with zero attached hydrogens (tertiary/aromatic N) is 2. The highest BCUT2D eigenvalue weighted by Crippen LogP contribution is 2.31. The maximum absolute atomic E-state index is 13.0. The molecule has 0 aliphatic rings. The number of anilines is 1. The first-order chi connectivity index (χ1) is 9.34. The molecular weight excluding hydrogens is 253 g/mol. The molecule has 0 atom stereocenters. The normalized spacial score (nSPS) is 11.8. The van der Waals surface area contributed by atoms with Crippen LogP contribution in [0.3, 0.4) is 0 Å². The van der Waals surface area contributed by atoms with Gasteiger partial charge in [0.15, 0.2) is 0 Å². The zero-order valence-corrected chi connectivity index (χ0v) is 12.6. The molecule has 0 spiro atoms.